The lowest BCUT2D eigenvalue weighted by Gasteiger charge is -2.25. The van der Waals surface area contributed by atoms with Gasteiger partial charge in [0.25, 0.3) is 0 Å². The number of piperidine rings is 1. The Morgan fingerprint density at radius 3 is 2.52 bits per heavy atom. The summed E-state index contributed by atoms with van der Waals surface area (Å²) in [6.07, 6.45) is 5.34. The largest absolute Gasteiger partial charge is 0.376 e. The van der Waals surface area contributed by atoms with E-state index in [1.807, 2.05) is 0 Å². The Morgan fingerprint density at radius 1 is 1.16 bits per heavy atom. The summed E-state index contributed by atoms with van der Waals surface area (Å²) in [5, 5.41) is 6.73. The van der Waals surface area contributed by atoms with E-state index in [2.05, 4.69) is 10.6 Å². The van der Waals surface area contributed by atoms with E-state index in [4.69, 9.17) is 17.0 Å². The maximum atomic E-state index is 12.6. The highest BCUT2D eigenvalue weighted by atomic mass is 32.2. The summed E-state index contributed by atoms with van der Waals surface area (Å²) in [6.45, 7) is 2.73. The van der Waals surface area contributed by atoms with Gasteiger partial charge < -0.3 is 15.4 Å². The van der Waals surface area contributed by atoms with E-state index in [-0.39, 0.29) is 6.10 Å². The van der Waals surface area contributed by atoms with Gasteiger partial charge in [0.15, 0.2) is 5.11 Å². The van der Waals surface area contributed by atoms with Crippen molar-refractivity contribution in [3.05, 3.63) is 24.3 Å². The van der Waals surface area contributed by atoms with Gasteiger partial charge in [0, 0.05) is 31.9 Å². The highest BCUT2D eigenvalue weighted by molar-refractivity contribution is 7.89. The molecule has 0 radical (unpaired) electrons. The van der Waals surface area contributed by atoms with Gasteiger partial charge in [-0.2, -0.15) is 4.31 Å². The minimum absolute atomic E-state index is 0.219. The average Bonchev–Trinajstić information content (AvgIpc) is 3.15. The number of nitrogens with one attached hydrogen (secondary N) is 2. The topological polar surface area (TPSA) is 70.7 Å². The summed E-state index contributed by atoms with van der Waals surface area (Å²) < 4.78 is 32.4. The molecule has 8 heteroatoms. The van der Waals surface area contributed by atoms with Crippen molar-refractivity contribution in [1.29, 1.82) is 0 Å². The molecule has 1 unspecified atom stereocenters. The first kappa shape index (κ1) is 18.6. The van der Waals surface area contributed by atoms with Crippen molar-refractivity contribution in [1.82, 2.24) is 9.62 Å². The Hall–Kier alpha value is -1.22. The van der Waals surface area contributed by atoms with Gasteiger partial charge in [0.2, 0.25) is 10.0 Å². The van der Waals surface area contributed by atoms with Gasteiger partial charge in [-0.05, 0) is 62.2 Å². The molecular formula is C17H25N3O3S2. The lowest BCUT2D eigenvalue weighted by molar-refractivity contribution is 0.114. The normalized spacial score (nSPS) is 21.8. The van der Waals surface area contributed by atoms with Gasteiger partial charge >= 0.3 is 0 Å². The zero-order chi connectivity index (χ0) is 17.7. The van der Waals surface area contributed by atoms with E-state index in [0.29, 0.717) is 29.6 Å². The summed E-state index contributed by atoms with van der Waals surface area (Å²) in [5.41, 5.74) is 0.766. The molecule has 2 saturated heterocycles. The molecule has 0 aromatic heterocycles. The van der Waals surface area contributed by atoms with Crippen LogP contribution in [-0.4, -0.2) is 50.2 Å². The summed E-state index contributed by atoms with van der Waals surface area (Å²) in [6, 6.07) is 6.76. The van der Waals surface area contributed by atoms with Gasteiger partial charge in [0.05, 0.1) is 11.0 Å². The molecule has 0 spiro atoms. The number of benzene rings is 1. The second-order valence-corrected chi connectivity index (χ2v) is 8.81. The van der Waals surface area contributed by atoms with Crippen LogP contribution in [0.5, 0.6) is 0 Å². The van der Waals surface area contributed by atoms with E-state index in [0.717, 1.165) is 44.4 Å². The van der Waals surface area contributed by atoms with E-state index >= 15 is 0 Å². The van der Waals surface area contributed by atoms with Crippen LogP contribution in [0.3, 0.4) is 0 Å². The molecule has 25 heavy (non-hydrogen) atoms. The van der Waals surface area contributed by atoms with E-state index in [1.54, 1.807) is 28.6 Å². The SMILES string of the molecule is O=S(=O)(c1ccc(NC(=S)NCC2CCCO2)cc1)N1CCCCC1. The molecule has 1 atom stereocenters. The van der Waals surface area contributed by atoms with Crippen molar-refractivity contribution in [2.75, 3.05) is 31.6 Å². The molecular weight excluding hydrogens is 358 g/mol. The zero-order valence-corrected chi connectivity index (χ0v) is 15.9. The zero-order valence-electron chi connectivity index (χ0n) is 14.2. The van der Waals surface area contributed by atoms with Gasteiger partial charge in [-0.15, -0.1) is 0 Å². The quantitative estimate of drug-likeness (QED) is 0.761. The molecule has 0 bridgehead atoms. The number of sulfonamides is 1. The van der Waals surface area contributed by atoms with Crippen LogP contribution in [0.4, 0.5) is 5.69 Å². The van der Waals surface area contributed by atoms with Gasteiger partial charge in [-0.25, -0.2) is 8.42 Å². The number of rotatable bonds is 5. The molecule has 138 valence electrons. The third-order valence-corrected chi connectivity index (χ3v) is 6.74. The van der Waals surface area contributed by atoms with Crippen molar-refractivity contribution in [3.63, 3.8) is 0 Å². The number of hydrogen-bond donors (Lipinski definition) is 2. The third kappa shape index (κ3) is 4.91. The van der Waals surface area contributed by atoms with Crippen molar-refractivity contribution >= 4 is 33.0 Å². The molecule has 2 aliphatic heterocycles. The van der Waals surface area contributed by atoms with Crippen LogP contribution in [-0.2, 0) is 14.8 Å². The number of anilines is 1. The summed E-state index contributed by atoms with van der Waals surface area (Å²) in [4.78, 5) is 0.332. The van der Waals surface area contributed by atoms with Crippen LogP contribution in [0.25, 0.3) is 0 Å². The number of nitrogens with zero attached hydrogens (tertiary/aromatic N) is 1. The Labute approximate surface area is 155 Å². The second kappa shape index (κ2) is 8.44. The van der Waals surface area contributed by atoms with Gasteiger partial charge in [-0.1, -0.05) is 6.42 Å². The Morgan fingerprint density at radius 2 is 1.88 bits per heavy atom. The van der Waals surface area contributed by atoms with E-state index in [1.165, 1.54) is 0 Å². The molecule has 0 saturated carbocycles. The maximum absolute atomic E-state index is 12.6. The van der Waals surface area contributed by atoms with Crippen molar-refractivity contribution in [2.24, 2.45) is 0 Å². The minimum Gasteiger partial charge on any atom is -0.376 e. The fourth-order valence-corrected chi connectivity index (χ4v) is 4.87. The first-order chi connectivity index (χ1) is 12.1. The molecule has 3 rings (SSSR count). The van der Waals surface area contributed by atoms with Crippen LogP contribution >= 0.6 is 12.2 Å². The first-order valence-corrected chi connectivity index (χ1v) is 10.7. The Balaban J connectivity index is 1.55. The molecule has 0 amide bonds. The second-order valence-electron chi connectivity index (χ2n) is 6.46. The van der Waals surface area contributed by atoms with Crippen molar-refractivity contribution in [3.8, 4) is 0 Å². The molecule has 6 nitrogen and oxygen atoms in total. The van der Waals surface area contributed by atoms with Gasteiger partial charge in [0.1, 0.15) is 0 Å². The van der Waals surface area contributed by atoms with E-state index < -0.39 is 10.0 Å². The van der Waals surface area contributed by atoms with Crippen molar-refractivity contribution < 1.29 is 13.2 Å². The molecule has 2 N–H and O–H groups in total. The Bertz CT molecular complexity index is 680. The predicted molar refractivity (Wildman–Crippen MR) is 102 cm³/mol. The third-order valence-electron chi connectivity index (χ3n) is 4.58. The highest BCUT2D eigenvalue weighted by Gasteiger charge is 2.25. The highest BCUT2D eigenvalue weighted by Crippen LogP contribution is 2.22. The van der Waals surface area contributed by atoms with Crippen LogP contribution in [0.2, 0.25) is 0 Å². The fourth-order valence-electron chi connectivity index (χ4n) is 3.15. The molecule has 0 aliphatic carbocycles. The standard InChI is InChI=1S/C17H25N3O3S2/c21-25(22,20-10-2-1-3-11-20)16-8-6-14(7-9-16)19-17(24)18-13-15-5-4-12-23-15/h6-9,15H,1-5,10-13H2,(H2,18,19,24). The lowest BCUT2D eigenvalue weighted by Crippen LogP contribution is -2.35. The number of ether oxygens (including phenoxy) is 1. The van der Waals surface area contributed by atoms with Crippen LogP contribution in [0.1, 0.15) is 32.1 Å². The average molecular weight is 384 g/mol. The number of thiocarbonyl (C=S) groups is 1. The smallest absolute Gasteiger partial charge is 0.243 e. The molecule has 1 aromatic carbocycles. The maximum Gasteiger partial charge on any atom is 0.243 e. The number of hydrogen-bond acceptors (Lipinski definition) is 4. The molecule has 1 aromatic rings. The van der Waals surface area contributed by atoms with Crippen LogP contribution in [0, 0.1) is 0 Å². The van der Waals surface area contributed by atoms with E-state index in [9.17, 15) is 8.42 Å². The lowest BCUT2D eigenvalue weighted by atomic mass is 10.2. The monoisotopic (exact) mass is 383 g/mol. The summed E-state index contributed by atoms with van der Waals surface area (Å²) in [5.74, 6) is 0. The Kier molecular flexibility index (Phi) is 6.27. The predicted octanol–water partition coefficient (Wildman–Crippen LogP) is 2.33. The van der Waals surface area contributed by atoms with Crippen LogP contribution in [0.15, 0.2) is 29.2 Å². The first-order valence-electron chi connectivity index (χ1n) is 8.82. The molecule has 2 aliphatic rings. The minimum atomic E-state index is -3.39. The van der Waals surface area contributed by atoms with Crippen molar-refractivity contribution in [2.45, 2.75) is 43.1 Å². The van der Waals surface area contributed by atoms with Crippen LogP contribution < -0.4 is 10.6 Å². The summed E-state index contributed by atoms with van der Waals surface area (Å²) in [7, 11) is -3.39. The fraction of sp³-hybridized carbons (Fsp3) is 0.588. The van der Waals surface area contributed by atoms with Gasteiger partial charge in [-0.3, -0.25) is 0 Å². The molecule has 2 heterocycles. The summed E-state index contributed by atoms with van der Waals surface area (Å²) >= 11 is 5.28. The molecule has 2 fully saturated rings.